The minimum Gasteiger partial charge on any atom is -0.384 e. The van der Waals surface area contributed by atoms with E-state index in [0.717, 1.165) is 0 Å². The van der Waals surface area contributed by atoms with Gasteiger partial charge in [-0.3, -0.25) is 9.59 Å². The lowest BCUT2D eigenvalue weighted by atomic mass is 10.1. The molecule has 0 aromatic heterocycles. The van der Waals surface area contributed by atoms with E-state index in [4.69, 9.17) is 10.8 Å². The van der Waals surface area contributed by atoms with Crippen LogP contribution < -0.4 is 5.73 Å². The lowest BCUT2D eigenvalue weighted by molar-refractivity contribution is -0.118. The Morgan fingerprint density at radius 3 is 2.44 bits per heavy atom. The first-order chi connectivity index (χ1) is 8.54. The van der Waals surface area contributed by atoms with Crippen LogP contribution in [0, 0.1) is 11.8 Å². The number of hydrogen-bond acceptors (Lipinski definition) is 3. The van der Waals surface area contributed by atoms with Crippen molar-refractivity contribution in [1.29, 1.82) is 0 Å². The number of amides is 2. The van der Waals surface area contributed by atoms with Crippen LogP contribution in [0.25, 0.3) is 0 Å². The monoisotopic (exact) mass is 246 g/mol. The highest BCUT2D eigenvalue weighted by atomic mass is 16.2. The molecule has 94 valence electrons. The minimum atomic E-state index is -0.559. The van der Waals surface area contributed by atoms with Crippen molar-refractivity contribution in [2.24, 2.45) is 5.73 Å². The molecular weight excluding hydrogens is 232 g/mol. The molecule has 0 atom stereocenters. The highest BCUT2D eigenvalue weighted by Crippen LogP contribution is 2.06. The van der Waals surface area contributed by atoms with Gasteiger partial charge < -0.3 is 15.7 Å². The molecule has 1 rings (SSSR count). The second-order valence-electron chi connectivity index (χ2n) is 3.66. The Balaban J connectivity index is 2.78. The van der Waals surface area contributed by atoms with Crippen molar-refractivity contribution in [3.05, 3.63) is 35.4 Å². The molecular formula is C13H14N2O3. The molecule has 0 aliphatic heterocycles. The molecule has 2 amide bonds. The summed E-state index contributed by atoms with van der Waals surface area (Å²) in [6.45, 7) is -0.326. The third kappa shape index (κ3) is 3.92. The van der Waals surface area contributed by atoms with Crippen LogP contribution in [0.1, 0.15) is 15.9 Å². The largest absolute Gasteiger partial charge is 0.384 e. The van der Waals surface area contributed by atoms with Gasteiger partial charge >= 0.3 is 0 Å². The second kappa shape index (κ2) is 6.42. The number of carbonyl (C=O) groups is 2. The molecule has 0 fully saturated rings. The average molecular weight is 246 g/mol. The lowest BCUT2D eigenvalue weighted by Crippen LogP contribution is -2.35. The SMILES string of the molecule is CN(CC(N)=O)C(=O)c1ccc(C#CCO)cc1. The van der Waals surface area contributed by atoms with E-state index in [1.807, 2.05) is 0 Å². The van der Waals surface area contributed by atoms with Crippen LogP contribution in [0.3, 0.4) is 0 Å². The molecule has 0 aliphatic rings. The third-order valence-electron chi connectivity index (χ3n) is 2.18. The summed E-state index contributed by atoms with van der Waals surface area (Å²) < 4.78 is 0. The molecule has 0 saturated carbocycles. The van der Waals surface area contributed by atoms with Crippen LogP contribution in [0.5, 0.6) is 0 Å². The van der Waals surface area contributed by atoms with Crippen LogP contribution >= 0.6 is 0 Å². The molecule has 0 bridgehead atoms. The van der Waals surface area contributed by atoms with Gasteiger partial charge in [0.2, 0.25) is 5.91 Å². The van der Waals surface area contributed by atoms with E-state index in [1.54, 1.807) is 24.3 Å². The summed E-state index contributed by atoms with van der Waals surface area (Å²) in [6, 6.07) is 6.57. The molecule has 1 aromatic carbocycles. The van der Waals surface area contributed by atoms with Crippen molar-refractivity contribution >= 4 is 11.8 Å². The van der Waals surface area contributed by atoms with Crippen molar-refractivity contribution in [3.63, 3.8) is 0 Å². The van der Waals surface area contributed by atoms with Gasteiger partial charge in [0, 0.05) is 18.2 Å². The Kier molecular flexibility index (Phi) is 4.90. The number of hydrogen-bond donors (Lipinski definition) is 2. The quantitative estimate of drug-likeness (QED) is 0.711. The van der Waals surface area contributed by atoms with E-state index in [1.165, 1.54) is 11.9 Å². The van der Waals surface area contributed by atoms with Crippen LogP contribution in [0.2, 0.25) is 0 Å². The number of aliphatic hydroxyl groups excluding tert-OH is 1. The number of likely N-dealkylation sites (N-methyl/N-ethyl adjacent to an activating group) is 1. The van der Waals surface area contributed by atoms with Crippen LogP contribution in [0.4, 0.5) is 0 Å². The highest BCUT2D eigenvalue weighted by molar-refractivity contribution is 5.96. The zero-order valence-corrected chi connectivity index (χ0v) is 10.0. The van der Waals surface area contributed by atoms with Crippen molar-refractivity contribution in [3.8, 4) is 11.8 Å². The lowest BCUT2D eigenvalue weighted by Gasteiger charge is -2.14. The van der Waals surface area contributed by atoms with Crippen molar-refractivity contribution in [2.75, 3.05) is 20.2 Å². The van der Waals surface area contributed by atoms with E-state index in [0.29, 0.717) is 11.1 Å². The molecule has 5 nitrogen and oxygen atoms in total. The zero-order valence-electron chi connectivity index (χ0n) is 10.0. The number of benzene rings is 1. The fraction of sp³-hybridized carbons (Fsp3) is 0.231. The van der Waals surface area contributed by atoms with Gasteiger partial charge in [0.1, 0.15) is 6.61 Å². The van der Waals surface area contributed by atoms with Gasteiger partial charge in [0.15, 0.2) is 0 Å². The van der Waals surface area contributed by atoms with E-state index in [9.17, 15) is 9.59 Å². The van der Waals surface area contributed by atoms with E-state index >= 15 is 0 Å². The summed E-state index contributed by atoms with van der Waals surface area (Å²) in [5.41, 5.74) is 6.17. The van der Waals surface area contributed by atoms with Crippen molar-refractivity contribution in [1.82, 2.24) is 4.90 Å². The first kappa shape index (κ1) is 13.7. The van der Waals surface area contributed by atoms with Gasteiger partial charge in [0.25, 0.3) is 5.91 Å². The summed E-state index contributed by atoms with van der Waals surface area (Å²) in [6.07, 6.45) is 0. The van der Waals surface area contributed by atoms with Gasteiger partial charge in [-0.05, 0) is 24.3 Å². The van der Waals surface area contributed by atoms with E-state index < -0.39 is 5.91 Å². The third-order valence-corrected chi connectivity index (χ3v) is 2.18. The van der Waals surface area contributed by atoms with Gasteiger partial charge in [-0.2, -0.15) is 0 Å². The maximum atomic E-state index is 11.8. The molecule has 0 aliphatic carbocycles. The summed E-state index contributed by atoms with van der Waals surface area (Å²) >= 11 is 0. The second-order valence-corrected chi connectivity index (χ2v) is 3.66. The van der Waals surface area contributed by atoms with Gasteiger partial charge in [-0.25, -0.2) is 0 Å². The topological polar surface area (TPSA) is 83.6 Å². The fourth-order valence-corrected chi connectivity index (χ4v) is 1.36. The van der Waals surface area contributed by atoms with E-state index in [-0.39, 0.29) is 19.1 Å². The smallest absolute Gasteiger partial charge is 0.254 e. The molecule has 0 unspecified atom stereocenters. The molecule has 0 spiro atoms. The van der Waals surface area contributed by atoms with E-state index in [2.05, 4.69) is 11.8 Å². The van der Waals surface area contributed by atoms with Crippen LogP contribution in [0.15, 0.2) is 24.3 Å². The molecule has 1 aromatic rings. The van der Waals surface area contributed by atoms with Crippen molar-refractivity contribution < 1.29 is 14.7 Å². The molecule has 0 radical (unpaired) electrons. The van der Waals surface area contributed by atoms with Crippen LogP contribution in [-0.2, 0) is 4.79 Å². The summed E-state index contributed by atoms with van der Waals surface area (Å²) in [4.78, 5) is 23.8. The van der Waals surface area contributed by atoms with Gasteiger partial charge in [-0.15, -0.1) is 0 Å². The summed E-state index contributed by atoms with van der Waals surface area (Å²) in [5, 5.41) is 8.55. The molecule has 3 N–H and O–H groups in total. The molecule has 5 heteroatoms. The summed E-state index contributed by atoms with van der Waals surface area (Å²) in [7, 11) is 1.51. The Morgan fingerprint density at radius 1 is 1.33 bits per heavy atom. The van der Waals surface area contributed by atoms with Crippen molar-refractivity contribution in [2.45, 2.75) is 0 Å². The molecule has 0 heterocycles. The number of carbonyl (C=O) groups excluding carboxylic acids is 2. The predicted octanol–water partition coefficient (Wildman–Crippen LogP) is -0.412. The normalized spacial score (nSPS) is 9.22. The minimum absolute atomic E-state index is 0.120. The predicted molar refractivity (Wildman–Crippen MR) is 66.6 cm³/mol. The maximum Gasteiger partial charge on any atom is 0.254 e. The molecule has 0 saturated heterocycles. The van der Waals surface area contributed by atoms with Crippen LogP contribution in [-0.4, -0.2) is 42.0 Å². The summed E-state index contributed by atoms with van der Waals surface area (Å²) in [5.74, 6) is 4.39. The van der Waals surface area contributed by atoms with Gasteiger partial charge in [-0.1, -0.05) is 11.8 Å². The average Bonchev–Trinajstić information content (AvgIpc) is 2.35. The Bertz CT molecular complexity index is 497. The number of nitrogens with zero attached hydrogens (tertiary/aromatic N) is 1. The molecule has 18 heavy (non-hydrogen) atoms. The zero-order chi connectivity index (χ0) is 13.5. The standard InChI is InChI=1S/C13H14N2O3/c1-15(9-12(14)17)13(18)11-6-4-10(5-7-11)3-2-8-16/h4-7,16H,8-9H2,1H3,(H2,14,17). The Morgan fingerprint density at radius 2 is 1.94 bits per heavy atom. The number of nitrogens with two attached hydrogens (primary N) is 1. The highest BCUT2D eigenvalue weighted by Gasteiger charge is 2.12. The van der Waals surface area contributed by atoms with Gasteiger partial charge in [0.05, 0.1) is 6.54 Å². The first-order valence-corrected chi connectivity index (χ1v) is 5.28. The number of primary amides is 1. The Hall–Kier alpha value is -2.32. The maximum absolute atomic E-state index is 11.8. The fourth-order valence-electron chi connectivity index (χ4n) is 1.36. The Labute approximate surface area is 105 Å². The first-order valence-electron chi connectivity index (χ1n) is 5.28. The number of aliphatic hydroxyl groups is 1. The number of rotatable bonds is 3.